The maximum atomic E-state index is 12.4. The molecule has 27 heavy (non-hydrogen) atoms. The number of fused-ring (bicyclic) bond motifs is 1. The van der Waals surface area contributed by atoms with E-state index in [1.165, 1.54) is 43.8 Å². The number of hydrogen-bond donors (Lipinski definition) is 0. The van der Waals surface area contributed by atoms with E-state index in [9.17, 15) is 4.79 Å². The molecular weight excluding hydrogens is 348 g/mol. The monoisotopic (exact) mass is 394 g/mol. The first-order valence-corrected chi connectivity index (χ1v) is 14.4. The third-order valence-corrected chi connectivity index (χ3v) is 13.3. The van der Waals surface area contributed by atoms with E-state index in [4.69, 9.17) is 4.43 Å². The second kappa shape index (κ2) is 9.11. The molecule has 0 saturated heterocycles. The van der Waals surface area contributed by atoms with E-state index < -0.39 is 8.32 Å². The SMILES string of the molecule is CC[Si](CC)(CC)OC(C)(C)CCC[C@H](C)[C@H]1CC[C@@H]2C(=O)CCC[C@@]21C. The van der Waals surface area contributed by atoms with Gasteiger partial charge in [-0.2, -0.15) is 0 Å². The first-order chi connectivity index (χ1) is 12.6. The van der Waals surface area contributed by atoms with Gasteiger partial charge in [0.2, 0.25) is 0 Å². The molecule has 0 radical (unpaired) electrons. The minimum Gasteiger partial charge on any atom is -0.412 e. The van der Waals surface area contributed by atoms with E-state index in [-0.39, 0.29) is 11.0 Å². The van der Waals surface area contributed by atoms with Crippen molar-refractivity contribution in [3.63, 3.8) is 0 Å². The lowest BCUT2D eigenvalue weighted by Crippen LogP contribution is -2.44. The van der Waals surface area contributed by atoms with E-state index in [0.717, 1.165) is 37.5 Å². The summed E-state index contributed by atoms with van der Waals surface area (Å²) in [7, 11) is -1.54. The second-order valence-electron chi connectivity index (χ2n) is 10.5. The summed E-state index contributed by atoms with van der Waals surface area (Å²) in [6.45, 7) is 16.5. The largest absolute Gasteiger partial charge is 0.412 e. The highest BCUT2D eigenvalue weighted by atomic mass is 28.4. The molecule has 2 nitrogen and oxygen atoms in total. The van der Waals surface area contributed by atoms with Crippen LogP contribution in [0.15, 0.2) is 0 Å². The maximum absolute atomic E-state index is 12.4. The van der Waals surface area contributed by atoms with E-state index >= 15 is 0 Å². The Morgan fingerprint density at radius 1 is 1.19 bits per heavy atom. The van der Waals surface area contributed by atoms with Gasteiger partial charge in [0, 0.05) is 12.3 Å². The zero-order chi connectivity index (χ0) is 20.3. The molecule has 0 aromatic rings. The zero-order valence-corrected chi connectivity index (χ0v) is 20.3. The fourth-order valence-corrected chi connectivity index (χ4v) is 9.77. The molecule has 2 aliphatic carbocycles. The molecule has 0 heterocycles. The lowest BCUT2D eigenvalue weighted by Gasteiger charge is -2.42. The molecule has 0 unspecified atom stereocenters. The van der Waals surface area contributed by atoms with Crippen LogP contribution in [0, 0.1) is 23.2 Å². The van der Waals surface area contributed by atoms with Gasteiger partial charge in [0.15, 0.2) is 8.32 Å². The van der Waals surface area contributed by atoms with Crippen molar-refractivity contribution >= 4 is 14.1 Å². The van der Waals surface area contributed by atoms with E-state index in [1.807, 2.05) is 0 Å². The molecule has 2 aliphatic rings. The van der Waals surface area contributed by atoms with Gasteiger partial charge in [0.05, 0.1) is 5.60 Å². The van der Waals surface area contributed by atoms with Crippen LogP contribution in [0.4, 0.5) is 0 Å². The van der Waals surface area contributed by atoms with Crippen LogP contribution in [0.25, 0.3) is 0 Å². The summed E-state index contributed by atoms with van der Waals surface area (Å²) in [5, 5.41) is 0. The zero-order valence-electron chi connectivity index (χ0n) is 19.3. The number of Topliss-reactive ketones (excluding diaryl/α,β-unsaturated/α-hetero) is 1. The van der Waals surface area contributed by atoms with Crippen molar-refractivity contribution in [2.45, 2.75) is 124 Å². The highest BCUT2D eigenvalue weighted by molar-refractivity contribution is 6.73. The van der Waals surface area contributed by atoms with E-state index in [1.54, 1.807) is 0 Å². The van der Waals surface area contributed by atoms with Gasteiger partial charge in [-0.05, 0) is 81.3 Å². The van der Waals surface area contributed by atoms with Gasteiger partial charge >= 0.3 is 0 Å². The lowest BCUT2D eigenvalue weighted by molar-refractivity contribution is -0.130. The van der Waals surface area contributed by atoms with Gasteiger partial charge < -0.3 is 4.43 Å². The molecule has 4 atom stereocenters. The summed E-state index contributed by atoms with van der Waals surface area (Å²) >= 11 is 0. The Labute approximate surface area is 170 Å². The Morgan fingerprint density at radius 2 is 1.81 bits per heavy atom. The molecule has 0 N–H and O–H groups in total. The highest BCUT2D eigenvalue weighted by Crippen LogP contribution is 2.57. The first kappa shape index (κ1) is 23.1. The average molecular weight is 395 g/mol. The fraction of sp³-hybridized carbons (Fsp3) is 0.958. The predicted octanol–water partition coefficient (Wildman–Crippen LogP) is 7.38. The Balaban J connectivity index is 1.88. The van der Waals surface area contributed by atoms with E-state index in [0.29, 0.717) is 11.7 Å². The highest BCUT2D eigenvalue weighted by Gasteiger charge is 2.52. The number of rotatable bonds is 10. The molecule has 0 aromatic carbocycles. The van der Waals surface area contributed by atoms with Crippen molar-refractivity contribution in [2.24, 2.45) is 23.2 Å². The smallest absolute Gasteiger partial charge is 0.192 e. The van der Waals surface area contributed by atoms with Gasteiger partial charge in [-0.1, -0.05) is 47.5 Å². The fourth-order valence-electron chi connectivity index (χ4n) is 6.56. The topological polar surface area (TPSA) is 26.3 Å². The van der Waals surface area contributed by atoms with Crippen molar-refractivity contribution in [2.75, 3.05) is 0 Å². The van der Waals surface area contributed by atoms with Crippen LogP contribution in [0.5, 0.6) is 0 Å². The normalized spacial score (nSPS) is 30.4. The van der Waals surface area contributed by atoms with Gasteiger partial charge in [-0.15, -0.1) is 0 Å². The Morgan fingerprint density at radius 3 is 2.41 bits per heavy atom. The molecule has 0 aromatic heterocycles. The van der Waals surface area contributed by atoms with Crippen molar-refractivity contribution in [3.05, 3.63) is 0 Å². The van der Waals surface area contributed by atoms with Crippen LogP contribution < -0.4 is 0 Å². The predicted molar refractivity (Wildman–Crippen MR) is 119 cm³/mol. The van der Waals surface area contributed by atoms with Crippen molar-refractivity contribution in [1.29, 1.82) is 0 Å². The summed E-state index contributed by atoms with van der Waals surface area (Å²) in [4.78, 5) is 12.4. The molecular formula is C24H46O2Si. The first-order valence-electron chi connectivity index (χ1n) is 11.9. The standard InChI is InChI=1S/C24H46O2Si/c1-8-27(9-2,10-3)26-23(5,6)17-11-13-19(4)20-15-16-21-22(25)14-12-18-24(20,21)7/h19-21H,8-18H2,1-7H3/t19-,20+,21+,24+/m0/s1. The Bertz CT molecular complexity index is 488. The van der Waals surface area contributed by atoms with Crippen LogP contribution in [0.1, 0.15) is 99.8 Å². The van der Waals surface area contributed by atoms with Gasteiger partial charge in [-0.3, -0.25) is 4.79 Å². The summed E-state index contributed by atoms with van der Waals surface area (Å²) in [6.07, 6.45) is 9.34. The average Bonchev–Trinajstić information content (AvgIpc) is 2.98. The third kappa shape index (κ3) is 5.07. The molecule has 0 amide bonds. The molecule has 0 spiro atoms. The molecule has 2 fully saturated rings. The minimum atomic E-state index is -1.54. The number of hydrogen-bond acceptors (Lipinski definition) is 2. The molecule has 0 bridgehead atoms. The molecule has 3 heteroatoms. The summed E-state index contributed by atoms with van der Waals surface area (Å²) in [5.74, 6) is 2.40. The van der Waals surface area contributed by atoms with Gasteiger partial charge in [0.25, 0.3) is 0 Å². The molecule has 2 saturated carbocycles. The van der Waals surface area contributed by atoms with Crippen LogP contribution in [-0.4, -0.2) is 19.7 Å². The molecule has 158 valence electrons. The summed E-state index contributed by atoms with van der Waals surface area (Å²) in [5.41, 5.74) is 0.298. The second-order valence-corrected chi connectivity index (χ2v) is 15.2. The van der Waals surface area contributed by atoms with Crippen LogP contribution in [0.2, 0.25) is 18.1 Å². The van der Waals surface area contributed by atoms with E-state index in [2.05, 4.69) is 48.5 Å². The minimum absolute atomic E-state index is 0.0108. The summed E-state index contributed by atoms with van der Waals surface area (Å²) < 4.78 is 6.79. The molecule has 2 rings (SSSR count). The van der Waals surface area contributed by atoms with Gasteiger partial charge in [0.1, 0.15) is 5.78 Å². The quantitative estimate of drug-likeness (QED) is 0.361. The molecule has 0 aliphatic heterocycles. The Hall–Kier alpha value is -0.153. The lowest BCUT2D eigenvalue weighted by atomic mass is 9.62. The van der Waals surface area contributed by atoms with Crippen molar-refractivity contribution in [1.82, 2.24) is 0 Å². The third-order valence-electron chi connectivity index (χ3n) is 8.49. The van der Waals surface area contributed by atoms with Crippen molar-refractivity contribution in [3.8, 4) is 0 Å². The van der Waals surface area contributed by atoms with Gasteiger partial charge in [-0.25, -0.2) is 0 Å². The summed E-state index contributed by atoms with van der Waals surface area (Å²) in [6, 6.07) is 3.70. The number of ketones is 1. The van der Waals surface area contributed by atoms with Crippen LogP contribution >= 0.6 is 0 Å². The number of carbonyl (C=O) groups is 1. The van der Waals surface area contributed by atoms with Crippen LogP contribution in [-0.2, 0) is 9.22 Å². The Kier molecular flexibility index (Phi) is 7.81. The maximum Gasteiger partial charge on any atom is 0.192 e. The van der Waals surface area contributed by atoms with Crippen molar-refractivity contribution < 1.29 is 9.22 Å². The number of carbonyl (C=O) groups excluding carboxylic acids is 1. The van der Waals surface area contributed by atoms with Crippen LogP contribution in [0.3, 0.4) is 0 Å².